The van der Waals surface area contributed by atoms with E-state index in [0.717, 1.165) is 59.8 Å². The zero-order chi connectivity index (χ0) is 23.9. The number of aryl methyl sites for hydroxylation is 2. The lowest BCUT2D eigenvalue weighted by molar-refractivity contribution is -0.116. The number of rotatable bonds is 7. The molecule has 1 aliphatic rings. The van der Waals surface area contributed by atoms with E-state index in [1.54, 1.807) is 11.9 Å². The summed E-state index contributed by atoms with van der Waals surface area (Å²) < 4.78 is 2.20. The van der Waals surface area contributed by atoms with E-state index in [0.29, 0.717) is 6.54 Å². The number of hydrogen-bond acceptors (Lipinski definition) is 4. The van der Waals surface area contributed by atoms with Crippen LogP contribution in [-0.2, 0) is 24.3 Å². The van der Waals surface area contributed by atoms with Crippen LogP contribution in [0.4, 0.5) is 10.5 Å². The van der Waals surface area contributed by atoms with Crippen molar-refractivity contribution in [1.29, 1.82) is 0 Å². The molecule has 0 spiro atoms. The molecule has 0 bridgehead atoms. The normalized spacial score (nSPS) is 13.0. The van der Waals surface area contributed by atoms with E-state index in [1.165, 1.54) is 6.42 Å². The minimum absolute atomic E-state index is 0.147. The van der Waals surface area contributed by atoms with Gasteiger partial charge in [-0.25, -0.2) is 4.79 Å². The lowest BCUT2D eigenvalue weighted by atomic mass is 10.1. The average molecular weight is 461 g/mol. The van der Waals surface area contributed by atoms with Crippen LogP contribution < -0.4 is 10.6 Å². The van der Waals surface area contributed by atoms with Crippen molar-refractivity contribution >= 4 is 17.6 Å². The number of nitrogens with zero attached hydrogens (tertiary/aromatic N) is 4. The molecule has 4 rings (SSSR count). The van der Waals surface area contributed by atoms with Crippen molar-refractivity contribution in [2.24, 2.45) is 0 Å². The minimum atomic E-state index is -0.206. The van der Waals surface area contributed by atoms with Crippen LogP contribution in [0, 0.1) is 6.92 Å². The smallest absolute Gasteiger partial charge is 0.317 e. The molecule has 178 valence electrons. The number of benzene rings is 2. The van der Waals surface area contributed by atoms with Crippen molar-refractivity contribution < 1.29 is 9.59 Å². The van der Waals surface area contributed by atoms with Gasteiger partial charge in [0.1, 0.15) is 5.82 Å². The Morgan fingerprint density at radius 3 is 2.71 bits per heavy atom. The van der Waals surface area contributed by atoms with E-state index >= 15 is 0 Å². The number of amides is 3. The lowest BCUT2D eigenvalue weighted by Gasteiger charge is -2.18. The second-order valence-corrected chi connectivity index (χ2v) is 8.80. The number of anilines is 1. The number of carbonyl (C=O) groups is 2. The molecule has 1 aromatic heterocycles. The fraction of sp³-hybridized carbons (Fsp3) is 0.385. The van der Waals surface area contributed by atoms with Gasteiger partial charge in [0.2, 0.25) is 5.91 Å². The SMILES string of the molecule is Cc1ccc(-c2nnc3n2CCCCC3)cc1NC(=O)CCNC(=O)N(C)Cc1ccccc1. The molecule has 0 unspecified atom stereocenters. The number of fused-ring (bicyclic) bond motifs is 1. The molecular weight excluding hydrogens is 428 g/mol. The molecule has 8 nitrogen and oxygen atoms in total. The zero-order valence-corrected chi connectivity index (χ0v) is 19.9. The van der Waals surface area contributed by atoms with E-state index in [4.69, 9.17) is 0 Å². The van der Waals surface area contributed by atoms with Crippen LogP contribution >= 0.6 is 0 Å². The third-order valence-corrected chi connectivity index (χ3v) is 6.12. The van der Waals surface area contributed by atoms with Crippen LogP contribution in [0.5, 0.6) is 0 Å². The van der Waals surface area contributed by atoms with Gasteiger partial charge in [-0.15, -0.1) is 10.2 Å². The predicted molar refractivity (Wildman–Crippen MR) is 132 cm³/mol. The van der Waals surface area contributed by atoms with E-state index in [9.17, 15) is 9.59 Å². The summed E-state index contributed by atoms with van der Waals surface area (Å²) in [6.07, 6.45) is 4.62. The molecule has 34 heavy (non-hydrogen) atoms. The Bertz CT molecular complexity index is 1140. The summed E-state index contributed by atoms with van der Waals surface area (Å²) in [5.74, 6) is 1.74. The Labute approximate surface area is 200 Å². The summed E-state index contributed by atoms with van der Waals surface area (Å²) >= 11 is 0. The van der Waals surface area contributed by atoms with Gasteiger partial charge in [0.15, 0.2) is 5.82 Å². The van der Waals surface area contributed by atoms with Crippen LogP contribution in [0.3, 0.4) is 0 Å². The Balaban J connectivity index is 1.32. The van der Waals surface area contributed by atoms with Crippen LogP contribution in [0.15, 0.2) is 48.5 Å². The molecular formula is C26H32N6O2. The molecule has 0 aliphatic carbocycles. The first-order valence-corrected chi connectivity index (χ1v) is 11.9. The molecule has 0 saturated carbocycles. The highest BCUT2D eigenvalue weighted by molar-refractivity contribution is 5.92. The minimum Gasteiger partial charge on any atom is -0.337 e. The lowest BCUT2D eigenvalue weighted by Crippen LogP contribution is -2.38. The second kappa shape index (κ2) is 11.0. The van der Waals surface area contributed by atoms with Gasteiger partial charge in [0.25, 0.3) is 0 Å². The first kappa shape index (κ1) is 23.5. The largest absolute Gasteiger partial charge is 0.337 e. The summed E-state index contributed by atoms with van der Waals surface area (Å²) in [7, 11) is 1.74. The Hall–Kier alpha value is -3.68. The van der Waals surface area contributed by atoms with Crippen molar-refractivity contribution in [3.05, 3.63) is 65.5 Å². The molecule has 3 aromatic rings. The molecule has 3 amide bonds. The van der Waals surface area contributed by atoms with Crippen molar-refractivity contribution in [2.75, 3.05) is 18.9 Å². The van der Waals surface area contributed by atoms with Crippen LogP contribution in [0.2, 0.25) is 0 Å². The second-order valence-electron chi connectivity index (χ2n) is 8.80. The number of nitrogens with one attached hydrogen (secondary N) is 2. The number of carbonyl (C=O) groups excluding carboxylic acids is 2. The molecule has 0 fully saturated rings. The van der Waals surface area contributed by atoms with Gasteiger partial charge < -0.3 is 20.1 Å². The molecule has 2 heterocycles. The van der Waals surface area contributed by atoms with Gasteiger partial charge in [-0.2, -0.15) is 0 Å². The number of hydrogen-bond donors (Lipinski definition) is 2. The van der Waals surface area contributed by atoms with Gasteiger partial charge in [0.05, 0.1) is 0 Å². The van der Waals surface area contributed by atoms with E-state index < -0.39 is 0 Å². The van der Waals surface area contributed by atoms with Crippen molar-refractivity contribution in [3.63, 3.8) is 0 Å². The van der Waals surface area contributed by atoms with E-state index in [-0.39, 0.29) is 24.9 Å². The van der Waals surface area contributed by atoms with Crippen LogP contribution in [0.25, 0.3) is 11.4 Å². The molecule has 0 atom stereocenters. The maximum atomic E-state index is 12.6. The topological polar surface area (TPSA) is 92.1 Å². The molecule has 2 aromatic carbocycles. The summed E-state index contributed by atoms with van der Waals surface area (Å²) in [5, 5.41) is 14.6. The molecule has 8 heteroatoms. The molecule has 1 aliphatic heterocycles. The van der Waals surface area contributed by atoms with Crippen molar-refractivity contribution in [2.45, 2.75) is 52.1 Å². The predicted octanol–water partition coefficient (Wildman–Crippen LogP) is 4.15. The zero-order valence-electron chi connectivity index (χ0n) is 19.9. The third-order valence-electron chi connectivity index (χ3n) is 6.12. The van der Waals surface area contributed by atoms with Gasteiger partial charge in [0, 0.05) is 50.8 Å². The Kier molecular flexibility index (Phi) is 7.57. The fourth-order valence-electron chi connectivity index (χ4n) is 4.15. The highest BCUT2D eigenvalue weighted by Crippen LogP contribution is 2.27. The number of aromatic nitrogens is 3. The van der Waals surface area contributed by atoms with Gasteiger partial charge in [-0.1, -0.05) is 48.9 Å². The summed E-state index contributed by atoms with van der Waals surface area (Å²) in [6, 6.07) is 15.6. The molecule has 0 saturated heterocycles. The van der Waals surface area contributed by atoms with Crippen LogP contribution in [0.1, 0.15) is 42.6 Å². The summed E-state index contributed by atoms with van der Waals surface area (Å²) in [6.45, 7) is 3.66. The summed E-state index contributed by atoms with van der Waals surface area (Å²) in [4.78, 5) is 26.5. The number of urea groups is 1. The molecule has 2 N–H and O–H groups in total. The fourth-order valence-corrected chi connectivity index (χ4v) is 4.15. The maximum Gasteiger partial charge on any atom is 0.317 e. The first-order chi connectivity index (χ1) is 16.5. The van der Waals surface area contributed by atoms with Crippen LogP contribution in [-0.4, -0.2) is 45.2 Å². The summed E-state index contributed by atoms with van der Waals surface area (Å²) in [5.41, 5.74) is 3.72. The Morgan fingerprint density at radius 2 is 1.88 bits per heavy atom. The average Bonchev–Trinajstić information content (AvgIpc) is 3.09. The van der Waals surface area contributed by atoms with E-state index in [1.807, 2.05) is 55.5 Å². The van der Waals surface area contributed by atoms with Gasteiger partial charge >= 0.3 is 6.03 Å². The maximum absolute atomic E-state index is 12.6. The standard InChI is InChI=1S/C26H32N6O2/c1-19-12-13-21(25-30-29-23-11-7-4-8-16-32(23)25)17-22(19)28-24(33)14-15-27-26(34)31(2)18-20-9-5-3-6-10-20/h3,5-6,9-10,12-13,17H,4,7-8,11,14-16,18H2,1-2H3,(H,27,34)(H,28,33). The van der Waals surface area contributed by atoms with Gasteiger partial charge in [-0.05, 0) is 37.0 Å². The highest BCUT2D eigenvalue weighted by atomic mass is 16.2. The third kappa shape index (κ3) is 5.81. The quantitative estimate of drug-likeness (QED) is 0.554. The van der Waals surface area contributed by atoms with Gasteiger partial charge in [-0.3, -0.25) is 4.79 Å². The Morgan fingerprint density at radius 1 is 1.06 bits per heavy atom. The van der Waals surface area contributed by atoms with E-state index in [2.05, 4.69) is 25.4 Å². The molecule has 0 radical (unpaired) electrons. The van der Waals surface area contributed by atoms with Crippen molar-refractivity contribution in [3.8, 4) is 11.4 Å². The highest BCUT2D eigenvalue weighted by Gasteiger charge is 2.17. The first-order valence-electron chi connectivity index (χ1n) is 11.9. The van der Waals surface area contributed by atoms with Crippen molar-refractivity contribution in [1.82, 2.24) is 25.0 Å². The monoisotopic (exact) mass is 460 g/mol.